The molecule has 2 atom stereocenters. The van der Waals surface area contributed by atoms with E-state index in [0.717, 1.165) is 37.3 Å². The van der Waals surface area contributed by atoms with Crippen LogP contribution in [0.25, 0.3) is 11.4 Å². The summed E-state index contributed by atoms with van der Waals surface area (Å²) in [6.45, 7) is 3.49. The highest BCUT2D eigenvalue weighted by molar-refractivity contribution is 5.56. The molecule has 0 aliphatic carbocycles. The molecular formula is C23H27FN6O2. The lowest BCUT2D eigenvalue weighted by Crippen LogP contribution is -2.32. The Morgan fingerprint density at radius 2 is 2.00 bits per heavy atom. The number of piperidine rings is 1. The van der Waals surface area contributed by atoms with E-state index in [4.69, 9.17) is 15.0 Å². The van der Waals surface area contributed by atoms with Crippen LogP contribution in [0.15, 0.2) is 47.1 Å². The lowest BCUT2D eigenvalue weighted by Gasteiger charge is -2.21. The maximum absolute atomic E-state index is 14.2. The molecule has 5 rings (SSSR count). The fourth-order valence-electron chi connectivity index (χ4n) is 4.41. The summed E-state index contributed by atoms with van der Waals surface area (Å²) in [5.41, 5.74) is 7.75. The van der Waals surface area contributed by atoms with Gasteiger partial charge in [0.2, 0.25) is 5.82 Å². The number of nitrogens with zero attached hydrogens (tertiary/aromatic N) is 4. The van der Waals surface area contributed by atoms with E-state index < -0.39 is 0 Å². The van der Waals surface area contributed by atoms with Crippen LogP contribution in [0.5, 0.6) is 0 Å². The van der Waals surface area contributed by atoms with Gasteiger partial charge in [-0.1, -0.05) is 23.4 Å². The van der Waals surface area contributed by atoms with Crippen molar-refractivity contribution in [1.29, 1.82) is 0 Å². The summed E-state index contributed by atoms with van der Waals surface area (Å²) in [5, 5.41) is 7.37. The molecular weight excluding hydrogens is 411 g/mol. The van der Waals surface area contributed by atoms with Gasteiger partial charge in [-0.3, -0.25) is 0 Å². The van der Waals surface area contributed by atoms with Crippen LogP contribution < -0.4 is 16.0 Å². The molecule has 8 nitrogen and oxygen atoms in total. The lowest BCUT2D eigenvalue weighted by molar-refractivity contribution is 0.00859. The van der Waals surface area contributed by atoms with Gasteiger partial charge in [0.05, 0.1) is 6.10 Å². The van der Waals surface area contributed by atoms with Crippen LogP contribution in [0.3, 0.4) is 0 Å². The number of halogens is 1. The summed E-state index contributed by atoms with van der Waals surface area (Å²) in [7, 11) is 0. The van der Waals surface area contributed by atoms with E-state index in [0.29, 0.717) is 37.0 Å². The Morgan fingerprint density at radius 1 is 1.16 bits per heavy atom. The van der Waals surface area contributed by atoms with Crippen molar-refractivity contribution in [1.82, 2.24) is 20.4 Å². The molecule has 2 fully saturated rings. The third-order valence-electron chi connectivity index (χ3n) is 6.20. The molecule has 3 aromatic rings. The van der Waals surface area contributed by atoms with Crippen LogP contribution in [-0.4, -0.2) is 53.4 Å². The number of hydrogen-bond acceptors (Lipinski definition) is 8. The molecule has 168 valence electrons. The van der Waals surface area contributed by atoms with Crippen LogP contribution in [0.2, 0.25) is 0 Å². The Labute approximate surface area is 186 Å². The van der Waals surface area contributed by atoms with Crippen molar-refractivity contribution in [3.8, 4) is 11.4 Å². The second-order valence-electron chi connectivity index (χ2n) is 8.37. The summed E-state index contributed by atoms with van der Waals surface area (Å²) in [6, 6.07) is 10.5. The number of anilines is 1. The first-order valence-corrected chi connectivity index (χ1v) is 11.0. The average Bonchev–Trinajstić information content (AvgIpc) is 3.46. The predicted molar refractivity (Wildman–Crippen MR) is 118 cm³/mol. The van der Waals surface area contributed by atoms with Crippen molar-refractivity contribution in [3.63, 3.8) is 0 Å². The first-order chi connectivity index (χ1) is 15.7. The highest BCUT2D eigenvalue weighted by Crippen LogP contribution is 2.31. The van der Waals surface area contributed by atoms with E-state index in [1.54, 1.807) is 12.3 Å². The van der Waals surface area contributed by atoms with E-state index in [9.17, 15) is 4.39 Å². The van der Waals surface area contributed by atoms with Gasteiger partial charge in [-0.25, -0.2) is 9.37 Å². The smallest absolute Gasteiger partial charge is 0.252 e. The summed E-state index contributed by atoms with van der Waals surface area (Å²) in [5.74, 6) is 1.45. The topological polar surface area (TPSA) is 102 Å². The van der Waals surface area contributed by atoms with Crippen molar-refractivity contribution in [2.45, 2.75) is 37.5 Å². The predicted octanol–water partition coefficient (Wildman–Crippen LogP) is 2.47. The minimum absolute atomic E-state index is 0.0719. The fraction of sp³-hybridized carbons (Fsp3) is 0.435. The van der Waals surface area contributed by atoms with E-state index in [-0.39, 0.29) is 23.9 Å². The zero-order valence-electron chi connectivity index (χ0n) is 17.8. The van der Waals surface area contributed by atoms with E-state index in [1.165, 1.54) is 6.07 Å². The number of pyridine rings is 1. The van der Waals surface area contributed by atoms with E-state index in [1.807, 2.05) is 24.3 Å². The molecule has 0 radical (unpaired) electrons. The van der Waals surface area contributed by atoms with Crippen LogP contribution in [0, 0.1) is 5.82 Å². The molecule has 1 aromatic carbocycles. The van der Waals surface area contributed by atoms with E-state index >= 15 is 0 Å². The number of nitrogens with one attached hydrogen (secondary N) is 1. The Morgan fingerprint density at radius 3 is 2.78 bits per heavy atom. The molecule has 2 aliphatic rings. The number of rotatable bonds is 6. The zero-order valence-corrected chi connectivity index (χ0v) is 17.8. The zero-order chi connectivity index (χ0) is 21.9. The molecule has 0 amide bonds. The van der Waals surface area contributed by atoms with Crippen molar-refractivity contribution in [3.05, 3.63) is 59.9 Å². The summed E-state index contributed by atoms with van der Waals surface area (Å²) in [6.07, 6.45) is 3.93. The van der Waals surface area contributed by atoms with Crippen molar-refractivity contribution in [2.75, 3.05) is 31.1 Å². The molecule has 2 aromatic heterocycles. The minimum atomic E-state index is -0.213. The van der Waals surface area contributed by atoms with Crippen molar-refractivity contribution < 1.29 is 13.7 Å². The average molecular weight is 439 g/mol. The molecule has 2 saturated heterocycles. The largest absolute Gasteiger partial charge is 0.368 e. The van der Waals surface area contributed by atoms with Crippen LogP contribution in [0.1, 0.15) is 30.2 Å². The van der Waals surface area contributed by atoms with Gasteiger partial charge in [0.25, 0.3) is 5.89 Å². The van der Waals surface area contributed by atoms with Gasteiger partial charge in [0.1, 0.15) is 18.2 Å². The van der Waals surface area contributed by atoms with Crippen LogP contribution in [0.4, 0.5) is 10.2 Å². The molecule has 0 saturated carbocycles. The molecule has 9 heteroatoms. The Kier molecular flexibility index (Phi) is 6.11. The van der Waals surface area contributed by atoms with E-state index in [2.05, 4.69) is 25.3 Å². The number of benzene rings is 1. The molecule has 2 aliphatic heterocycles. The Bertz CT molecular complexity index is 1040. The lowest BCUT2D eigenvalue weighted by atomic mass is 9.94. The number of nitrogens with two attached hydrogens (primary N) is 1. The molecule has 0 bridgehead atoms. The maximum Gasteiger partial charge on any atom is 0.252 e. The normalized spacial score (nSPS) is 21.9. The number of ether oxygens (including phenoxy) is 1. The second kappa shape index (κ2) is 9.32. The number of hydrogen-bond donors (Lipinski definition) is 2. The number of aromatic nitrogens is 3. The fourth-order valence-corrected chi connectivity index (χ4v) is 4.41. The third-order valence-corrected chi connectivity index (χ3v) is 6.20. The van der Waals surface area contributed by atoms with Gasteiger partial charge in [-0.05, 0) is 49.7 Å². The first kappa shape index (κ1) is 21.0. The van der Waals surface area contributed by atoms with Gasteiger partial charge in [0.15, 0.2) is 0 Å². The van der Waals surface area contributed by atoms with Crippen LogP contribution in [-0.2, 0) is 11.3 Å². The van der Waals surface area contributed by atoms with Crippen molar-refractivity contribution in [2.24, 2.45) is 5.73 Å². The van der Waals surface area contributed by atoms with Gasteiger partial charge < -0.3 is 25.2 Å². The molecule has 3 N–H and O–H groups in total. The third kappa shape index (κ3) is 4.50. The summed E-state index contributed by atoms with van der Waals surface area (Å²) < 4.78 is 25.4. The maximum atomic E-state index is 14.2. The van der Waals surface area contributed by atoms with Gasteiger partial charge in [-0.2, -0.15) is 4.98 Å². The van der Waals surface area contributed by atoms with Gasteiger partial charge in [-0.15, -0.1) is 0 Å². The molecule has 0 unspecified atom stereocenters. The SMILES string of the molecule is N[C@H]1CN(c2ccc(-c3noc(COC4CCNCC4)n3)cn2)C[C@@H]1c1ccccc1F. The highest BCUT2D eigenvalue weighted by atomic mass is 19.1. The molecule has 4 heterocycles. The quantitative estimate of drug-likeness (QED) is 0.605. The summed E-state index contributed by atoms with van der Waals surface area (Å²) >= 11 is 0. The standard InChI is InChI=1S/C23H27FN6O2/c24-19-4-2-1-3-17(19)18-12-30(13-20(18)25)21-6-5-15(11-27-21)23-28-22(32-29-23)14-31-16-7-9-26-10-8-16/h1-6,11,16,18,20,26H,7-10,12-14,25H2/t18-,20+/m1/s1. The van der Waals surface area contributed by atoms with Crippen LogP contribution >= 0.6 is 0 Å². The Hall–Kier alpha value is -2.88. The first-order valence-electron chi connectivity index (χ1n) is 11.0. The highest BCUT2D eigenvalue weighted by Gasteiger charge is 2.33. The second-order valence-corrected chi connectivity index (χ2v) is 8.37. The summed E-state index contributed by atoms with van der Waals surface area (Å²) in [4.78, 5) is 11.1. The van der Waals surface area contributed by atoms with Crippen molar-refractivity contribution >= 4 is 5.82 Å². The van der Waals surface area contributed by atoms with Gasteiger partial charge in [0, 0.05) is 36.8 Å². The molecule has 32 heavy (non-hydrogen) atoms. The molecule has 0 spiro atoms. The van der Waals surface area contributed by atoms with Gasteiger partial charge >= 0.3 is 0 Å². The minimum Gasteiger partial charge on any atom is -0.368 e. The monoisotopic (exact) mass is 438 g/mol. The Balaban J connectivity index is 1.22.